The molecule has 3 aromatic rings. The summed E-state index contributed by atoms with van der Waals surface area (Å²) in [5, 5.41) is 7.45. The van der Waals surface area contributed by atoms with Crippen LogP contribution in [0.4, 0.5) is 5.69 Å². The highest BCUT2D eigenvalue weighted by Gasteiger charge is 2.27. The molecular weight excluding hydrogens is 412 g/mol. The number of rotatable bonds is 7. The summed E-state index contributed by atoms with van der Waals surface area (Å²) >= 11 is 0. The molecule has 8 heteroatoms. The highest BCUT2D eigenvalue weighted by molar-refractivity contribution is 7.92. The van der Waals surface area contributed by atoms with Gasteiger partial charge < -0.3 is 4.90 Å². The first-order chi connectivity index (χ1) is 14.8. The van der Waals surface area contributed by atoms with Crippen molar-refractivity contribution in [2.75, 3.05) is 30.7 Å². The van der Waals surface area contributed by atoms with Crippen molar-refractivity contribution in [3.63, 3.8) is 0 Å². The molecule has 0 saturated heterocycles. The molecule has 0 atom stereocenters. The van der Waals surface area contributed by atoms with Crippen LogP contribution in [0.5, 0.6) is 0 Å². The number of hydrogen-bond acceptors (Lipinski definition) is 4. The van der Waals surface area contributed by atoms with Gasteiger partial charge in [0, 0.05) is 37.0 Å². The van der Waals surface area contributed by atoms with E-state index < -0.39 is 10.0 Å². The van der Waals surface area contributed by atoms with Crippen LogP contribution in [0.3, 0.4) is 0 Å². The Labute approximate surface area is 182 Å². The zero-order valence-corrected chi connectivity index (χ0v) is 18.5. The molecule has 0 spiro atoms. The van der Waals surface area contributed by atoms with Crippen molar-refractivity contribution in [3.8, 4) is 11.3 Å². The van der Waals surface area contributed by atoms with Gasteiger partial charge in [0.15, 0.2) is 0 Å². The molecule has 162 valence electrons. The maximum absolute atomic E-state index is 12.8. The number of H-pyrrole nitrogens is 1. The first-order valence-corrected chi connectivity index (χ1v) is 12.1. The number of nitrogens with one attached hydrogen (secondary N) is 1. The number of nitrogens with zero attached hydrogens (tertiary/aromatic N) is 3. The second-order valence-electron chi connectivity index (χ2n) is 7.90. The molecule has 1 aliphatic heterocycles. The van der Waals surface area contributed by atoms with Gasteiger partial charge >= 0.3 is 0 Å². The zero-order chi connectivity index (χ0) is 22.0. The monoisotopic (exact) mass is 438 g/mol. The first kappa shape index (κ1) is 21.1. The van der Waals surface area contributed by atoms with Crippen molar-refractivity contribution in [3.05, 3.63) is 71.4 Å². The van der Waals surface area contributed by atoms with E-state index in [1.54, 1.807) is 24.1 Å². The molecule has 1 N–H and O–H groups in total. The number of carbonyl (C=O) groups excluding carboxylic acids is 1. The topological polar surface area (TPSA) is 86.4 Å². The van der Waals surface area contributed by atoms with Gasteiger partial charge in [-0.3, -0.25) is 14.2 Å². The molecule has 31 heavy (non-hydrogen) atoms. The van der Waals surface area contributed by atoms with Gasteiger partial charge in [-0.2, -0.15) is 5.10 Å². The van der Waals surface area contributed by atoms with Crippen LogP contribution < -0.4 is 4.31 Å². The van der Waals surface area contributed by atoms with E-state index in [-0.39, 0.29) is 5.91 Å². The standard InChI is InChI=1S/C23H26N4O3S/c1-26(13-6-9-20-16-21(25-24-20)17-7-4-3-5-8-17)23(28)19-10-11-22-18(15-19)12-14-27(22)31(2,29)30/h3-5,7-8,10-11,15-16H,6,9,12-14H2,1-2H3,(H,24,25). The largest absolute Gasteiger partial charge is 0.342 e. The lowest BCUT2D eigenvalue weighted by Gasteiger charge is -2.19. The lowest BCUT2D eigenvalue weighted by molar-refractivity contribution is 0.0793. The molecule has 0 radical (unpaired) electrons. The second-order valence-corrected chi connectivity index (χ2v) is 9.81. The summed E-state index contributed by atoms with van der Waals surface area (Å²) in [6, 6.07) is 17.3. The minimum absolute atomic E-state index is 0.0600. The van der Waals surface area contributed by atoms with E-state index in [1.807, 2.05) is 42.5 Å². The lowest BCUT2D eigenvalue weighted by atomic mass is 10.1. The fourth-order valence-electron chi connectivity index (χ4n) is 3.92. The summed E-state index contributed by atoms with van der Waals surface area (Å²) in [6.45, 7) is 1.04. The molecule has 0 aliphatic carbocycles. The van der Waals surface area contributed by atoms with Crippen molar-refractivity contribution < 1.29 is 13.2 Å². The number of fused-ring (bicyclic) bond motifs is 1. The summed E-state index contributed by atoms with van der Waals surface area (Å²) in [4.78, 5) is 14.5. The number of amides is 1. The fourth-order valence-corrected chi connectivity index (χ4v) is 4.88. The third-order valence-electron chi connectivity index (χ3n) is 5.57. The third kappa shape index (κ3) is 4.64. The van der Waals surface area contributed by atoms with Gasteiger partial charge in [-0.1, -0.05) is 30.3 Å². The predicted molar refractivity (Wildman–Crippen MR) is 122 cm³/mol. The summed E-state index contributed by atoms with van der Waals surface area (Å²) < 4.78 is 25.2. The molecule has 2 aromatic carbocycles. The van der Waals surface area contributed by atoms with E-state index in [0.717, 1.165) is 35.4 Å². The molecular formula is C23H26N4O3S. The van der Waals surface area contributed by atoms with Crippen LogP contribution in [0.2, 0.25) is 0 Å². The Morgan fingerprint density at radius 3 is 2.68 bits per heavy atom. The number of benzene rings is 2. The highest BCUT2D eigenvalue weighted by atomic mass is 32.2. The van der Waals surface area contributed by atoms with Gasteiger partial charge in [0.2, 0.25) is 10.0 Å². The minimum atomic E-state index is -3.29. The van der Waals surface area contributed by atoms with Crippen LogP contribution >= 0.6 is 0 Å². The predicted octanol–water partition coefficient (Wildman–Crippen LogP) is 3.10. The Morgan fingerprint density at radius 1 is 1.16 bits per heavy atom. The van der Waals surface area contributed by atoms with E-state index in [1.165, 1.54) is 10.6 Å². The number of sulfonamides is 1. The highest BCUT2D eigenvalue weighted by Crippen LogP contribution is 2.31. The maximum atomic E-state index is 12.8. The van der Waals surface area contributed by atoms with Crippen LogP contribution in [0.1, 0.15) is 28.0 Å². The van der Waals surface area contributed by atoms with Gasteiger partial charge in [0.05, 0.1) is 17.6 Å². The summed E-state index contributed by atoms with van der Waals surface area (Å²) in [5.74, 6) is -0.0600. The molecule has 0 bridgehead atoms. The van der Waals surface area contributed by atoms with E-state index >= 15 is 0 Å². The zero-order valence-electron chi connectivity index (χ0n) is 17.7. The average molecular weight is 439 g/mol. The Hall–Kier alpha value is -3.13. The van der Waals surface area contributed by atoms with Crippen LogP contribution in [0.15, 0.2) is 54.6 Å². The van der Waals surface area contributed by atoms with Gasteiger partial charge in [-0.15, -0.1) is 0 Å². The molecule has 0 fully saturated rings. The van der Waals surface area contributed by atoms with E-state index in [4.69, 9.17) is 0 Å². The number of aryl methyl sites for hydroxylation is 1. The van der Waals surface area contributed by atoms with Crippen molar-refractivity contribution in [2.45, 2.75) is 19.3 Å². The van der Waals surface area contributed by atoms with Crippen molar-refractivity contribution in [1.82, 2.24) is 15.1 Å². The molecule has 4 rings (SSSR count). The van der Waals surface area contributed by atoms with Crippen LogP contribution in [-0.4, -0.2) is 55.8 Å². The van der Waals surface area contributed by atoms with E-state index in [2.05, 4.69) is 10.2 Å². The van der Waals surface area contributed by atoms with Crippen LogP contribution in [0.25, 0.3) is 11.3 Å². The normalized spacial score (nSPS) is 13.3. The smallest absolute Gasteiger partial charge is 0.253 e. The van der Waals surface area contributed by atoms with Crippen LogP contribution in [-0.2, 0) is 22.9 Å². The quantitative estimate of drug-likeness (QED) is 0.614. The van der Waals surface area contributed by atoms with E-state index in [0.29, 0.717) is 30.8 Å². The molecule has 7 nitrogen and oxygen atoms in total. The van der Waals surface area contributed by atoms with Gasteiger partial charge in [0.1, 0.15) is 0 Å². The number of aromatic nitrogens is 2. The molecule has 1 aliphatic rings. The number of hydrogen-bond donors (Lipinski definition) is 1. The summed E-state index contributed by atoms with van der Waals surface area (Å²) in [5.41, 5.74) is 5.19. The Kier molecular flexibility index (Phi) is 5.82. The maximum Gasteiger partial charge on any atom is 0.253 e. The van der Waals surface area contributed by atoms with Crippen LogP contribution in [0, 0.1) is 0 Å². The minimum Gasteiger partial charge on any atom is -0.342 e. The Bertz CT molecular complexity index is 1190. The van der Waals surface area contributed by atoms with Gasteiger partial charge in [0.25, 0.3) is 5.91 Å². The van der Waals surface area contributed by atoms with Crippen molar-refractivity contribution in [1.29, 1.82) is 0 Å². The van der Waals surface area contributed by atoms with E-state index in [9.17, 15) is 13.2 Å². The SMILES string of the molecule is CN(CCCc1cc(-c2ccccc2)n[nH]1)C(=O)c1ccc2c(c1)CCN2S(C)(=O)=O. The average Bonchev–Trinajstić information content (AvgIpc) is 3.40. The summed E-state index contributed by atoms with van der Waals surface area (Å²) in [7, 11) is -1.50. The number of aromatic amines is 1. The van der Waals surface area contributed by atoms with Crippen molar-refractivity contribution in [2.24, 2.45) is 0 Å². The van der Waals surface area contributed by atoms with Crippen molar-refractivity contribution >= 4 is 21.6 Å². The Balaban J connectivity index is 1.34. The summed E-state index contributed by atoms with van der Waals surface area (Å²) in [6.07, 6.45) is 3.44. The second kappa shape index (κ2) is 8.55. The molecule has 0 unspecified atom stereocenters. The molecule has 1 aromatic heterocycles. The number of anilines is 1. The Morgan fingerprint density at radius 2 is 1.94 bits per heavy atom. The molecule has 0 saturated carbocycles. The van der Waals surface area contributed by atoms with Gasteiger partial charge in [-0.25, -0.2) is 8.42 Å². The number of carbonyl (C=O) groups is 1. The molecule has 2 heterocycles. The van der Waals surface area contributed by atoms with Gasteiger partial charge in [-0.05, 0) is 49.1 Å². The first-order valence-electron chi connectivity index (χ1n) is 10.3. The molecule has 1 amide bonds. The fraction of sp³-hybridized carbons (Fsp3) is 0.304. The third-order valence-corrected chi connectivity index (χ3v) is 6.75. The lowest BCUT2D eigenvalue weighted by Crippen LogP contribution is -2.28.